The van der Waals surface area contributed by atoms with Gasteiger partial charge in [-0.2, -0.15) is 4.31 Å². The van der Waals surface area contributed by atoms with E-state index in [2.05, 4.69) is 6.58 Å². The van der Waals surface area contributed by atoms with Crippen molar-refractivity contribution in [2.75, 3.05) is 0 Å². The Bertz CT molecular complexity index is 889. The van der Waals surface area contributed by atoms with Gasteiger partial charge in [-0.1, -0.05) is 54.1 Å². The van der Waals surface area contributed by atoms with Crippen LogP contribution in [0, 0.1) is 6.92 Å². The van der Waals surface area contributed by atoms with Crippen molar-refractivity contribution in [1.82, 2.24) is 4.31 Å². The molecule has 26 heavy (non-hydrogen) atoms. The first-order chi connectivity index (χ1) is 12.4. The van der Waals surface area contributed by atoms with Crippen molar-refractivity contribution in [1.29, 1.82) is 0 Å². The molecule has 0 aromatic heterocycles. The summed E-state index contributed by atoms with van der Waals surface area (Å²) in [6, 6.07) is 15.6. The Morgan fingerprint density at radius 2 is 1.73 bits per heavy atom. The molecule has 1 aliphatic rings. The second-order valence-corrected chi connectivity index (χ2v) is 8.58. The van der Waals surface area contributed by atoms with Crippen molar-refractivity contribution in [2.24, 2.45) is 0 Å². The lowest BCUT2D eigenvalue weighted by atomic mass is 9.93. The molecule has 0 aliphatic carbocycles. The zero-order chi connectivity index (χ0) is 18.7. The molecule has 2 atom stereocenters. The third-order valence-corrected chi connectivity index (χ3v) is 6.76. The molecular formula is C21H23NO3S. The van der Waals surface area contributed by atoms with Crippen molar-refractivity contribution < 1.29 is 13.2 Å². The Morgan fingerprint density at radius 3 is 2.35 bits per heavy atom. The molecule has 1 saturated heterocycles. The van der Waals surface area contributed by atoms with Crippen molar-refractivity contribution in [3.63, 3.8) is 0 Å². The van der Waals surface area contributed by atoms with Crippen LogP contribution in [0.2, 0.25) is 0 Å². The van der Waals surface area contributed by atoms with Crippen LogP contribution in [0.4, 0.5) is 0 Å². The second-order valence-electron chi connectivity index (χ2n) is 6.74. The van der Waals surface area contributed by atoms with Gasteiger partial charge < -0.3 is 0 Å². The fourth-order valence-electron chi connectivity index (χ4n) is 3.47. The second kappa shape index (κ2) is 7.56. The molecule has 0 radical (unpaired) electrons. The van der Waals surface area contributed by atoms with Crippen LogP contribution in [0.25, 0.3) is 0 Å². The number of ketones is 1. The summed E-state index contributed by atoms with van der Waals surface area (Å²) < 4.78 is 28.2. The highest BCUT2D eigenvalue weighted by Gasteiger charge is 2.41. The molecule has 2 aromatic rings. The molecule has 0 N–H and O–H groups in total. The highest BCUT2D eigenvalue weighted by molar-refractivity contribution is 7.89. The largest absolute Gasteiger partial charge is 0.300 e. The van der Waals surface area contributed by atoms with Gasteiger partial charge in [-0.15, -0.1) is 6.58 Å². The summed E-state index contributed by atoms with van der Waals surface area (Å²) in [7, 11) is -3.72. The van der Waals surface area contributed by atoms with Crippen LogP contribution in [0.1, 0.15) is 24.0 Å². The van der Waals surface area contributed by atoms with Gasteiger partial charge in [0.05, 0.1) is 10.9 Å². The first-order valence-electron chi connectivity index (χ1n) is 8.70. The first kappa shape index (κ1) is 18.5. The molecule has 0 saturated carbocycles. The average molecular weight is 369 g/mol. The van der Waals surface area contributed by atoms with E-state index in [0.717, 1.165) is 11.1 Å². The molecule has 1 fully saturated rings. The Balaban J connectivity index is 2.01. The van der Waals surface area contributed by atoms with E-state index in [0.29, 0.717) is 6.42 Å². The summed E-state index contributed by atoms with van der Waals surface area (Å²) in [6.45, 7) is 5.69. The van der Waals surface area contributed by atoms with Crippen molar-refractivity contribution in [3.05, 3.63) is 78.4 Å². The van der Waals surface area contributed by atoms with Crippen LogP contribution in [-0.2, 0) is 21.2 Å². The normalized spacial score (nSPS) is 21.5. The Morgan fingerprint density at radius 1 is 1.08 bits per heavy atom. The molecule has 3 rings (SSSR count). The number of carbonyl (C=O) groups is 1. The fourth-order valence-corrected chi connectivity index (χ4v) is 5.25. The van der Waals surface area contributed by atoms with Gasteiger partial charge in [-0.05, 0) is 31.0 Å². The fraction of sp³-hybridized carbons (Fsp3) is 0.286. The monoisotopic (exact) mass is 369 g/mol. The molecule has 2 aromatic carbocycles. The van der Waals surface area contributed by atoms with Crippen LogP contribution in [0.15, 0.2) is 72.1 Å². The highest BCUT2D eigenvalue weighted by Crippen LogP contribution is 2.31. The third kappa shape index (κ3) is 3.79. The van der Waals surface area contributed by atoms with Gasteiger partial charge in [-0.3, -0.25) is 4.79 Å². The minimum atomic E-state index is -3.72. The summed E-state index contributed by atoms with van der Waals surface area (Å²) in [6.07, 6.45) is 2.48. The highest BCUT2D eigenvalue weighted by atomic mass is 32.2. The van der Waals surface area contributed by atoms with Crippen LogP contribution in [0.3, 0.4) is 0 Å². The van der Waals surface area contributed by atoms with Gasteiger partial charge >= 0.3 is 0 Å². The quantitative estimate of drug-likeness (QED) is 0.758. The molecule has 4 nitrogen and oxygen atoms in total. The van der Waals surface area contributed by atoms with Gasteiger partial charge in [0.15, 0.2) is 0 Å². The predicted octanol–water partition coefficient (Wildman–Crippen LogP) is 3.51. The van der Waals surface area contributed by atoms with E-state index in [4.69, 9.17) is 0 Å². The van der Waals surface area contributed by atoms with Crippen molar-refractivity contribution >= 4 is 15.8 Å². The number of nitrogens with zero attached hydrogens (tertiary/aromatic N) is 1. The van der Waals surface area contributed by atoms with Crippen LogP contribution < -0.4 is 0 Å². The maximum Gasteiger partial charge on any atom is 0.243 e. The van der Waals surface area contributed by atoms with E-state index < -0.39 is 22.1 Å². The standard InChI is InChI=1S/C21H23NO3S/c1-3-18-14-20(23)15-19(13-17-7-5-4-6-8-17)22(18)26(24,25)21-11-9-16(2)10-12-21/h3-12,18-19H,1,13-15H2,2H3/t18-,19+/m0/s1. The molecule has 0 amide bonds. The van der Waals surface area contributed by atoms with Crippen LogP contribution in [0.5, 0.6) is 0 Å². The van der Waals surface area contributed by atoms with Gasteiger partial charge in [0.25, 0.3) is 0 Å². The number of carbonyl (C=O) groups excluding carboxylic acids is 1. The molecule has 1 heterocycles. The Hall–Kier alpha value is -2.24. The van der Waals surface area contributed by atoms with Gasteiger partial charge in [0.1, 0.15) is 5.78 Å². The lowest BCUT2D eigenvalue weighted by molar-refractivity contribution is -0.122. The van der Waals surface area contributed by atoms with Crippen molar-refractivity contribution in [3.8, 4) is 0 Å². The summed E-state index contributed by atoms with van der Waals surface area (Å²) in [5.41, 5.74) is 2.01. The molecular weight excluding hydrogens is 346 g/mol. The van der Waals surface area contributed by atoms with E-state index in [1.165, 1.54) is 4.31 Å². The lowest BCUT2D eigenvalue weighted by Gasteiger charge is -2.39. The van der Waals surface area contributed by atoms with Crippen LogP contribution in [-0.4, -0.2) is 30.6 Å². The first-order valence-corrected chi connectivity index (χ1v) is 10.1. The zero-order valence-electron chi connectivity index (χ0n) is 14.8. The number of benzene rings is 2. The molecule has 5 heteroatoms. The molecule has 0 unspecified atom stereocenters. The zero-order valence-corrected chi connectivity index (χ0v) is 15.7. The summed E-state index contributed by atoms with van der Waals surface area (Å²) in [5.74, 6) is 0.0752. The minimum absolute atomic E-state index is 0.0752. The minimum Gasteiger partial charge on any atom is -0.300 e. The smallest absolute Gasteiger partial charge is 0.243 e. The number of Topliss-reactive ketones (excluding diaryl/α,β-unsaturated/α-hetero) is 1. The van der Waals surface area contributed by atoms with Crippen molar-refractivity contribution in [2.45, 2.75) is 43.2 Å². The summed E-state index contributed by atoms with van der Waals surface area (Å²) in [5, 5.41) is 0. The maximum absolute atomic E-state index is 13.3. The number of hydrogen-bond donors (Lipinski definition) is 0. The van der Waals surface area contributed by atoms with Gasteiger partial charge in [-0.25, -0.2) is 8.42 Å². The van der Waals surface area contributed by atoms with E-state index in [1.54, 1.807) is 30.3 Å². The number of piperidine rings is 1. The van der Waals surface area contributed by atoms with Gasteiger partial charge in [0.2, 0.25) is 10.0 Å². The van der Waals surface area contributed by atoms with E-state index in [1.807, 2.05) is 37.3 Å². The van der Waals surface area contributed by atoms with E-state index in [9.17, 15) is 13.2 Å². The van der Waals surface area contributed by atoms with E-state index in [-0.39, 0.29) is 23.5 Å². The topological polar surface area (TPSA) is 54.5 Å². The summed E-state index contributed by atoms with van der Waals surface area (Å²) in [4.78, 5) is 12.5. The number of rotatable bonds is 5. The van der Waals surface area contributed by atoms with Crippen LogP contribution >= 0.6 is 0 Å². The molecule has 0 bridgehead atoms. The number of hydrogen-bond acceptors (Lipinski definition) is 3. The third-order valence-electron chi connectivity index (χ3n) is 4.77. The lowest BCUT2D eigenvalue weighted by Crippen LogP contribution is -2.52. The SMILES string of the molecule is C=C[C@H]1CC(=O)C[C@@H](Cc2ccccc2)N1S(=O)(=O)c1ccc(C)cc1. The molecule has 136 valence electrons. The Labute approximate surface area is 155 Å². The van der Waals surface area contributed by atoms with E-state index >= 15 is 0 Å². The van der Waals surface area contributed by atoms with Gasteiger partial charge in [0, 0.05) is 18.9 Å². The summed E-state index contributed by atoms with van der Waals surface area (Å²) >= 11 is 0. The molecule has 1 aliphatic heterocycles. The number of sulfonamides is 1. The molecule has 0 spiro atoms. The number of aryl methyl sites for hydroxylation is 1. The predicted molar refractivity (Wildman–Crippen MR) is 102 cm³/mol. The Kier molecular flexibility index (Phi) is 5.39. The maximum atomic E-state index is 13.3. The average Bonchev–Trinajstić information content (AvgIpc) is 2.62.